The van der Waals surface area contributed by atoms with Crippen LogP contribution in [0, 0.1) is 6.92 Å². The SMILES string of the molecule is Cc1ccc(N(C)c2ccc(Cn3cc(CC(=O)O)c4ccccc43)cc2)cc1Cl. The molecule has 0 atom stereocenters. The minimum absolute atomic E-state index is 0.0242. The average molecular weight is 419 g/mol. The van der Waals surface area contributed by atoms with Crippen LogP contribution in [0.2, 0.25) is 5.02 Å². The molecule has 0 saturated carbocycles. The van der Waals surface area contributed by atoms with Crippen molar-refractivity contribution in [2.75, 3.05) is 11.9 Å². The molecule has 5 heteroatoms. The van der Waals surface area contributed by atoms with Crippen LogP contribution in [0.1, 0.15) is 16.7 Å². The molecule has 0 bridgehead atoms. The Morgan fingerprint density at radius 3 is 2.43 bits per heavy atom. The highest BCUT2D eigenvalue weighted by Crippen LogP contribution is 2.28. The summed E-state index contributed by atoms with van der Waals surface area (Å²) in [7, 11) is 2.02. The van der Waals surface area contributed by atoms with Crippen molar-refractivity contribution >= 4 is 39.8 Å². The fourth-order valence-electron chi connectivity index (χ4n) is 3.72. The highest BCUT2D eigenvalue weighted by molar-refractivity contribution is 6.31. The molecule has 1 aromatic heterocycles. The van der Waals surface area contributed by atoms with Crippen LogP contribution in [0.4, 0.5) is 11.4 Å². The van der Waals surface area contributed by atoms with E-state index in [1.165, 1.54) is 0 Å². The minimum atomic E-state index is -0.818. The molecule has 0 aliphatic heterocycles. The van der Waals surface area contributed by atoms with E-state index < -0.39 is 5.97 Å². The van der Waals surface area contributed by atoms with Crippen LogP contribution in [0.25, 0.3) is 10.9 Å². The zero-order valence-electron chi connectivity index (χ0n) is 17.0. The van der Waals surface area contributed by atoms with Crippen molar-refractivity contribution in [2.24, 2.45) is 0 Å². The van der Waals surface area contributed by atoms with E-state index in [1.807, 2.05) is 56.6 Å². The average Bonchev–Trinajstić information content (AvgIpc) is 3.07. The van der Waals surface area contributed by atoms with E-state index in [0.717, 1.165) is 44.0 Å². The zero-order chi connectivity index (χ0) is 21.3. The van der Waals surface area contributed by atoms with Gasteiger partial charge < -0.3 is 14.6 Å². The summed E-state index contributed by atoms with van der Waals surface area (Å²) in [4.78, 5) is 13.3. The van der Waals surface area contributed by atoms with E-state index in [9.17, 15) is 9.90 Å². The summed E-state index contributed by atoms with van der Waals surface area (Å²) in [6, 6.07) is 22.4. The number of carboxylic acid groups (broad SMARTS) is 1. The lowest BCUT2D eigenvalue weighted by Gasteiger charge is -2.20. The fraction of sp³-hybridized carbons (Fsp3) is 0.160. The van der Waals surface area contributed by atoms with Crippen LogP contribution in [-0.4, -0.2) is 22.7 Å². The molecule has 4 aromatic rings. The van der Waals surface area contributed by atoms with Gasteiger partial charge in [0, 0.05) is 47.1 Å². The third kappa shape index (κ3) is 4.05. The molecule has 0 fully saturated rings. The number of halogens is 1. The Hall–Kier alpha value is -3.24. The van der Waals surface area contributed by atoms with E-state index in [2.05, 4.69) is 39.8 Å². The molecular weight excluding hydrogens is 396 g/mol. The maximum atomic E-state index is 11.2. The molecule has 0 aliphatic rings. The number of benzene rings is 3. The second kappa shape index (κ2) is 8.25. The number of hydrogen-bond acceptors (Lipinski definition) is 2. The lowest BCUT2D eigenvalue weighted by atomic mass is 10.1. The number of carbonyl (C=O) groups is 1. The van der Waals surface area contributed by atoms with Gasteiger partial charge in [0.2, 0.25) is 0 Å². The van der Waals surface area contributed by atoms with Gasteiger partial charge in [0.05, 0.1) is 6.42 Å². The molecule has 0 radical (unpaired) electrons. The van der Waals surface area contributed by atoms with Crippen LogP contribution in [0.15, 0.2) is 72.9 Å². The fourth-order valence-corrected chi connectivity index (χ4v) is 3.89. The standard InChI is InChI=1S/C25H23ClN2O2/c1-17-7-10-21(14-23(17)26)27(2)20-11-8-18(9-12-20)15-28-16-19(13-25(29)30)22-5-3-4-6-24(22)28/h3-12,14,16H,13,15H2,1-2H3,(H,29,30). The molecule has 0 spiro atoms. The quantitative estimate of drug-likeness (QED) is 0.414. The van der Waals surface area contributed by atoms with Crippen LogP contribution in [0.3, 0.4) is 0 Å². The number of aryl methyl sites for hydroxylation is 1. The Morgan fingerprint density at radius 1 is 1.03 bits per heavy atom. The summed E-state index contributed by atoms with van der Waals surface area (Å²) in [5.41, 5.74) is 6.20. The first-order chi connectivity index (χ1) is 14.4. The highest BCUT2D eigenvalue weighted by Gasteiger charge is 2.12. The van der Waals surface area contributed by atoms with Gasteiger partial charge in [-0.15, -0.1) is 0 Å². The van der Waals surface area contributed by atoms with Gasteiger partial charge in [-0.2, -0.15) is 0 Å². The van der Waals surface area contributed by atoms with Crippen LogP contribution in [-0.2, 0) is 17.8 Å². The number of nitrogens with zero attached hydrogens (tertiary/aromatic N) is 2. The Balaban J connectivity index is 1.58. The number of aromatic nitrogens is 1. The molecule has 3 aromatic carbocycles. The summed E-state index contributed by atoms with van der Waals surface area (Å²) < 4.78 is 2.12. The van der Waals surface area contributed by atoms with Gasteiger partial charge in [-0.05, 0) is 53.9 Å². The van der Waals surface area contributed by atoms with Gasteiger partial charge >= 0.3 is 5.97 Å². The van der Waals surface area contributed by atoms with Gasteiger partial charge in [-0.1, -0.05) is 48.0 Å². The summed E-state index contributed by atoms with van der Waals surface area (Å²) >= 11 is 6.28. The normalized spacial score (nSPS) is 11.0. The summed E-state index contributed by atoms with van der Waals surface area (Å²) in [5.74, 6) is -0.818. The lowest BCUT2D eigenvalue weighted by molar-refractivity contribution is -0.136. The Kier molecular flexibility index (Phi) is 5.51. The van der Waals surface area contributed by atoms with Crippen molar-refractivity contribution in [2.45, 2.75) is 19.9 Å². The number of carboxylic acids is 1. The number of para-hydroxylation sites is 1. The van der Waals surface area contributed by atoms with E-state index >= 15 is 0 Å². The Bertz CT molecular complexity index is 1210. The van der Waals surface area contributed by atoms with E-state index in [1.54, 1.807) is 0 Å². The van der Waals surface area contributed by atoms with Gasteiger partial charge in [0.15, 0.2) is 0 Å². The summed E-state index contributed by atoms with van der Waals surface area (Å²) in [5, 5.41) is 11.0. The van der Waals surface area contributed by atoms with Gasteiger partial charge in [-0.25, -0.2) is 0 Å². The first kappa shape index (κ1) is 20.0. The first-order valence-corrected chi connectivity index (χ1v) is 10.2. The molecule has 0 saturated heterocycles. The second-order valence-corrected chi connectivity index (χ2v) is 7.94. The number of fused-ring (bicyclic) bond motifs is 1. The van der Waals surface area contributed by atoms with Gasteiger partial charge in [0.25, 0.3) is 0 Å². The number of aliphatic carboxylic acids is 1. The third-order valence-electron chi connectivity index (χ3n) is 5.43. The van der Waals surface area contributed by atoms with Crippen molar-refractivity contribution in [1.82, 2.24) is 4.57 Å². The number of rotatable bonds is 6. The number of anilines is 2. The summed E-state index contributed by atoms with van der Waals surface area (Å²) in [6.07, 6.45) is 1.98. The Labute approximate surface area is 180 Å². The molecule has 1 heterocycles. The Morgan fingerprint density at radius 2 is 1.73 bits per heavy atom. The van der Waals surface area contributed by atoms with Crippen molar-refractivity contribution in [3.8, 4) is 0 Å². The van der Waals surface area contributed by atoms with Gasteiger partial charge in [0.1, 0.15) is 0 Å². The van der Waals surface area contributed by atoms with Crippen LogP contribution >= 0.6 is 11.6 Å². The molecule has 30 heavy (non-hydrogen) atoms. The van der Waals surface area contributed by atoms with Crippen LogP contribution in [0.5, 0.6) is 0 Å². The maximum Gasteiger partial charge on any atom is 0.307 e. The topological polar surface area (TPSA) is 45.5 Å². The highest BCUT2D eigenvalue weighted by atomic mass is 35.5. The van der Waals surface area contributed by atoms with Crippen molar-refractivity contribution in [1.29, 1.82) is 0 Å². The second-order valence-electron chi connectivity index (χ2n) is 7.53. The maximum absolute atomic E-state index is 11.2. The molecule has 0 aliphatic carbocycles. The van der Waals surface area contributed by atoms with E-state index in [-0.39, 0.29) is 6.42 Å². The zero-order valence-corrected chi connectivity index (χ0v) is 17.7. The molecule has 1 N–H and O–H groups in total. The lowest BCUT2D eigenvalue weighted by Crippen LogP contribution is -2.09. The molecule has 4 rings (SSSR count). The van der Waals surface area contributed by atoms with Gasteiger partial charge in [-0.3, -0.25) is 4.79 Å². The molecule has 152 valence electrons. The minimum Gasteiger partial charge on any atom is -0.481 e. The van der Waals surface area contributed by atoms with Crippen molar-refractivity contribution < 1.29 is 9.90 Å². The van der Waals surface area contributed by atoms with Crippen LogP contribution < -0.4 is 4.90 Å². The molecule has 0 unspecified atom stereocenters. The molecule has 0 amide bonds. The smallest absolute Gasteiger partial charge is 0.307 e. The summed E-state index contributed by atoms with van der Waals surface area (Å²) in [6.45, 7) is 2.67. The first-order valence-electron chi connectivity index (χ1n) is 9.80. The molecular formula is C25H23ClN2O2. The van der Waals surface area contributed by atoms with Crippen molar-refractivity contribution in [3.05, 3.63) is 94.6 Å². The van der Waals surface area contributed by atoms with Crippen molar-refractivity contribution in [3.63, 3.8) is 0 Å². The third-order valence-corrected chi connectivity index (χ3v) is 5.84. The number of hydrogen-bond donors (Lipinski definition) is 1. The van der Waals surface area contributed by atoms with E-state index in [4.69, 9.17) is 11.6 Å². The van der Waals surface area contributed by atoms with E-state index in [0.29, 0.717) is 6.54 Å². The predicted molar refractivity (Wildman–Crippen MR) is 123 cm³/mol. The molecule has 4 nitrogen and oxygen atoms in total. The predicted octanol–water partition coefficient (Wildman–Crippen LogP) is 6.05. The monoisotopic (exact) mass is 418 g/mol. The largest absolute Gasteiger partial charge is 0.481 e.